The van der Waals surface area contributed by atoms with Crippen molar-refractivity contribution in [3.8, 4) is 0 Å². The van der Waals surface area contributed by atoms with Gasteiger partial charge in [-0.1, -0.05) is 33.6 Å². The largest absolute Gasteiger partial charge is 0.465 e. The number of hydrogen-bond donors (Lipinski definition) is 1. The van der Waals surface area contributed by atoms with Crippen LogP contribution < -0.4 is 5.73 Å². The normalized spacial score (nSPS) is 16.9. The van der Waals surface area contributed by atoms with Gasteiger partial charge in [-0.25, -0.2) is 0 Å². The maximum atomic E-state index is 11.8. The van der Waals surface area contributed by atoms with Gasteiger partial charge in [0.05, 0.1) is 6.61 Å². The molecule has 0 aliphatic carbocycles. The van der Waals surface area contributed by atoms with Gasteiger partial charge < -0.3 is 10.5 Å². The van der Waals surface area contributed by atoms with Crippen LogP contribution in [-0.2, 0) is 9.53 Å². The number of ether oxygens (including phenoxy) is 1. The first-order chi connectivity index (χ1) is 7.06. The lowest BCUT2D eigenvalue weighted by Gasteiger charge is -2.33. The van der Waals surface area contributed by atoms with E-state index in [0.717, 1.165) is 19.3 Å². The first kappa shape index (κ1) is 14.4. The van der Waals surface area contributed by atoms with Gasteiger partial charge in [-0.2, -0.15) is 0 Å². The summed E-state index contributed by atoms with van der Waals surface area (Å²) in [6.07, 6.45) is 3.61. The van der Waals surface area contributed by atoms with E-state index in [1.807, 2.05) is 13.8 Å². The van der Waals surface area contributed by atoms with Gasteiger partial charge in [0.25, 0.3) is 0 Å². The average molecular weight is 215 g/mol. The topological polar surface area (TPSA) is 52.3 Å². The van der Waals surface area contributed by atoms with Gasteiger partial charge >= 0.3 is 5.97 Å². The molecule has 15 heavy (non-hydrogen) atoms. The molecule has 0 bridgehead atoms. The summed E-state index contributed by atoms with van der Waals surface area (Å²) in [5.74, 6) is -0.0145. The third kappa shape index (κ3) is 3.49. The molecule has 0 heterocycles. The Morgan fingerprint density at radius 3 is 2.27 bits per heavy atom. The van der Waals surface area contributed by atoms with Crippen LogP contribution in [0.15, 0.2) is 0 Å². The number of carbonyl (C=O) groups excluding carboxylic acids is 1. The molecule has 0 rings (SSSR count). The summed E-state index contributed by atoms with van der Waals surface area (Å²) in [6, 6.07) is 0. The predicted molar refractivity (Wildman–Crippen MR) is 62.5 cm³/mol. The highest BCUT2D eigenvalue weighted by Gasteiger charge is 2.40. The number of esters is 1. The van der Waals surface area contributed by atoms with Gasteiger partial charge in [0.15, 0.2) is 0 Å². The van der Waals surface area contributed by atoms with Crippen LogP contribution >= 0.6 is 0 Å². The van der Waals surface area contributed by atoms with E-state index in [9.17, 15) is 4.79 Å². The lowest BCUT2D eigenvalue weighted by atomic mass is 9.78. The maximum absolute atomic E-state index is 11.8. The first-order valence-corrected chi connectivity index (χ1v) is 6.02. The summed E-state index contributed by atoms with van der Waals surface area (Å²) < 4.78 is 5.06. The van der Waals surface area contributed by atoms with Crippen molar-refractivity contribution >= 4 is 5.97 Å². The SMILES string of the molecule is CCCC(CC)C(N)(CC)C(=O)OCC. The lowest BCUT2D eigenvalue weighted by Crippen LogP contribution is -2.54. The van der Waals surface area contributed by atoms with Crippen LogP contribution in [0.4, 0.5) is 0 Å². The van der Waals surface area contributed by atoms with E-state index < -0.39 is 5.54 Å². The van der Waals surface area contributed by atoms with Crippen LogP contribution in [-0.4, -0.2) is 18.1 Å². The summed E-state index contributed by atoms with van der Waals surface area (Å²) in [7, 11) is 0. The van der Waals surface area contributed by atoms with E-state index in [0.29, 0.717) is 13.0 Å². The van der Waals surface area contributed by atoms with Gasteiger partial charge in [-0.05, 0) is 25.7 Å². The minimum absolute atomic E-state index is 0.228. The van der Waals surface area contributed by atoms with E-state index in [1.165, 1.54) is 0 Å². The molecule has 0 aromatic rings. The quantitative estimate of drug-likeness (QED) is 0.664. The van der Waals surface area contributed by atoms with Crippen LogP contribution in [0.2, 0.25) is 0 Å². The van der Waals surface area contributed by atoms with Crippen molar-refractivity contribution in [1.29, 1.82) is 0 Å². The molecule has 0 fully saturated rings. The third-order valence-corrected chi connectivity index (χ3v) is 3.10. The molecule has 3 nitrogen and oxygen atoms in total. The molecule has 2 N–H and O–H groups in total. The molecular formula is C12H25NO2. The number of hydrogen-bond acceptors (Lipinski definition) is 3. The van der Waals surface area contributed by atoms with E-state index in [4.69, 9.17) is 10.5 Å². The zero-order chi connectivity index (χ0) is 11.9. The van der Waals surface area contributed by atoms with Crippen LogP contribution in [0, 0.1) is 5.92 Å². The first-order valence-electron chi connectivity index (χ1n) is 6.02. The summed E-state index contributed by atoms with van der Waals surface area (Å²) in [4.78, 5) is 11.8. The Labute approximate surface area is 93.4 Å². The number of nitrogens with two attached hydrogens (primary N) is 1. The molecule has 0 saturated carbocycles. The second-order valence-corrected chi connectivity index (χ2v) is 4.01. The van der Waals surface area contributed by atoms with Crippen molar-refractivity contribution in [3.63, 3.8) is 0 Å². The molecule has 0 radical (unpaired) electrons. The zero-order valence-electron chi connectivity index (χ0n) is 10.5. The molecule has 2 unspecified atom stereocenters. The Balaban J connectivity index is 4.70. The molecule has 90 valence electrons. The summed E-state index contributed by atoms with van der Waals surface area (Å²) in [5, 5.41) is 0. The molecule has 0 aromatic heterocycles. The molecule has 0 spiro atoms. The Morgan fingerprint density at radius 2 is 1.93 bits per heavy atom. The van der Waals surface area contributed by atoms with Crippen LogP contribution in [0.3, 0.4) is 0 Å². The van der Waals surface area contributed by atoms with E-state index in [2.05, 4.69) is 13.8 Å². The minimum atomic E-state index is -0.791. The van der Waals surface area contributed by atoms with Crippen molar-refractivity contribution in [2.75, 3.05) is 6.61 Å². The van der Waals surface area contributed by atoms with Crippen molar-refractivity contribution in [2.45, 2.75) is 58.9 Å². The molecule has 0 aliphatic rings. The minimum Gasteiger partial charge on any atom is -0.465 e. The molecule has 2 atom stereocenters. The molecule has 0 aliphatic heterocycles. The van der Waals surface area contributed by atoms with Crippen LogP contribution in [0.25, 0.3) is 0 Å². The van der Waals surface area contributed by atoms with Gasteiger partial charge in [0, 0.05) is 0 Å². The smallest absolute Gasteiger partial charge is 0.326 e. The Hall–Kier alpha value is -0.570. The number of rotatable bonds is 7. The van der Waals surface area contributed by atoms with Crippen molar-refractivity contribution in [2.24, 2.45) is 11.7 Å². The van der Waals surface area contributed by atoms with Crippen molar-refractivity contribution < 1.29 is 9.53 Å². The molecule has 3 heteroatoms. The van der Waals surface area contributed by atoms with Gasteiger partial charge in [-0.3, -0.25) is 4.79 Å². The Morgan fingerprint density at radius 1 is 1.33 bits per heavy atom. The van der Waals surface area contributed by atoms with Crippen LogP contribution in [0.1, 0.15) is 53.4 Å². The van der Waals surface area contributed by atoms with Crippen molar-refractivity contribution in [3.05, 3.63) is 0 Å². The third-order valence-electron chi connectivity index (χ3n) is 3.10. The standard InChI is InChI=1S/C12H25NO2/c1-5-9-10(6-2)12(13,7-3)11(14)15-8-4/h10H,5-9,13H2,1-4H3. The van der Waals surface area contributed by atoms with Gasteiger partial charge in [0.1, 0.15) is 5.54 Å². The Bertz CT molecular complexity index is 194. The van der Waals surface area contributed by atoms with E-state index >= 15 is 0 Å². The highest BCUT2D eigenvalue weighted by molar-refractivity contribution is 5.80. The average Bonchev–Trinajstić information content (AvgIpc) is 2.25. The van der Waals surface area contributed by atoms with Crippen LogP contribution in [0.5, 0.6) is 0 Å². The second-order valence-electron chi connectivity index (χ2n) is 4.01. The molecule has 0 saturated heterocycles. The molecule has 0 aromatic carbocycles. The Kier molecular flexibility index (Phi) is 6.57. The second kappa shape index (κ2) is 6.83. The zero-order valence-corrected chi connectivity index (χ0v) is 10.5. The summed E-state index contributed by atoms with van der Waals surface area (Å²) >= 11 is 0. The lowest BCUT2D eigenvalue weighted by molar-refractivity contribution is -0.152. The predicted octanol–water partition coefficient (Wildman–Crippen LogP) is 2.48. The summed E-state index contributed by atoms with van der Waals surface area (Å²) in [6.45, 7) is 8.37. The van der Waals surface area contributed by atoms with E-state index in [-0.39, 0.29) is 11.9 Å². The van der Waals surface area contributed by atoms with Gasteiger partial charge in [-0.15, -0.1) is 0 Å². The number of carbonyl (C=O) groups is 1. The highest BCUT2D eigenvalue weighted by Crippen LogP contribution is 2.27. The monoisotopic (exact) mass is 215 g/mol. The van der Waals surface area contributed by atoms with Crippen molar-refractivity contribution in [1.82, 2.24) is 0 Å². The van der Waals surface area contributed by atoms with E-state index in [1.54, 1.807) is 0 Å². The molecule has 0 amide bonds. The molecular weight excluding hydrogens is 190 g/mol. The fourth-order valence-electron chi connectivity index (χ4n) is 2.04. The highest BCUT2D eigenvalue weighted by atomic mass is 16.5. The summed E-state index contributed by atoms with van der Waals surface area (Å²) in [5.41, 5.74) is 5.40. The maximum Gasteiger partial charge on any atom is 0.326 e. The fraction of sp³-hybridized carbons (Fsp3) is 0.917. The van der Waals surface area contributed by atoms with Gasteiger partial charge in [0.2, 0.25) is 0 Å². The fourth-order valence-corrected chi connectivity index (χ4v) is 2.04.